The van der Waals surface area contributed by atoms with Crippen molar-refractivity contribution in [2.75, 3.05) is 18.0 Å². The van der Waals surface area contributed by atoms with Gasteiger partial charge in [0.25, 0.3) is 0 Å². The van der Waals surface area contributed by atoms with Gasteiger partial charge < -0.3 is 10.0 Å². The zero-order chi connectivity index (χ0) is 14.0. The Kier molecular flexibility index (Phi) is 3.67. The molecule has 0 unspecified atom stereocenters. The molecule has 0 aromatic heterocycles. The number of anilines is 1. The fourth-order valence-corrected chi connectivity index (χ4v) is 2.19. The van der Waals surface area contributed by atoms with E-state index >= 15 is 0 Å². The zero-order valence-corrected chi connectivity index (χ0v) is 10.1. The first-order valence-corrected chi connectivity index (χ1v) is 5.96. The van der Waals surface area contributed by atoms with E-state index in [1.165, 1.54) is 12.1 Å². The van der Waals surface area contributed by atoms with E-state index in [0.29, 0.717) is 31.6 Å². The molecule has 102 valence electrons. The first-order valence-electron chi connectivity index (χ1n) is 5.96. The van der Waals surface area contributed by atoms with E-state index in [4.69, 9.17) is 5.26 Å². The van der Waals surface area contributed by atoms with E-state index in [2.05, 4.69) is 0 Å². The number of benzene rings is 1. The number of rotatable bonds is 1. The maximum absolute atomic E-state index is 12.7. The summed E-state index contributed by atoms with van der Waals surface area (Å²) < 4.78 is 38.0. The molecule has 0 spiro atoms. The van der Waals surface area contributed by atoms with E-state index in [1.54, 1.807) is 6.07 Å². The van der Waals surface area contributed by atoms with E-state index in [-0.39, 0.29) is 11.7 Å². The largest absolute Gasteiger partial charge is 0.417 e. The van der Waals surface area contributed by atoms with Gasteiger partial charge in [0.05, 0.1) is 23.3 Å². The van der Waals surface area contributed by atoms with Crippen LogP contribution >= 0.6 is 0 Å². The maximum Gasteiger partial charge on any atom is 0.417 e. The Morgan fingerprint density at radius 1 is 1.26 bits per heavy atom. The molecule has 1 heterocycles. The Hall–Kier alpha value is -1.74. The van der Waals surface area contributed by atoms with Crippen LogP contribution in [0.25, 0.3) is 0 Å². The first kappa shape index (κ1) is 13.7. The highest BCUT2D eigenvalue weighted by atomic mass is 19.4. The van der Waals surface area contributed by atoms with Crippen molar-refractivity contribution >= 4 is 5.69 Å². The van der Waals surface area contributed by atoms with E-state index < -0.39 is 11.7 Å². The summed E-state index contributed by atoms with van der Waals surface area (Å²) >= 11 is 0. The molecule has 1 aromatic rings. The Balaban J connectivity index is 2.28. The average Bonchev–Trinajstić information content (AvgIpc) is 2.38. The molecule has 1 aliphatic rings. The summed E-state index contributed by atoms with van der Waals surface area (Å²) in [5, 5.41) is 18.2. The van der Waals surface area contributed by atoms with Gasteiger partial charge in [-0.05, 0) is 31.0 Å². The smallest absolute Gasteiger partial charge is 0.393 e. The number of halogens is 3. The standard InChI is InChI=1S/C13H13F3N2O/c14-13(15,16)12-2-1-10(7-9(12)8-17)18-5-3-11(19)4-6-18/h1-2,7,11,19H,3-6H2. The lowest BCUT2D eigenvalue weighted by Crippen LogP contribution is -2.35. The van der Waals surface area contributed by atoms with Gasteiger partial charge in [0.2, 0.25) is 0 Å². The molecular weight excluding hydrogens is 257 g/mol. The summed E-state index contributed by atoms with van der Waals surface area (Å²) in [6.07, 6.45) is -3.69. The number of alkyl halides is 3. The van der Waals surface area contributed by atoms with Crippen LogP contribution in [0.5, 0.6) is 0 Å². The van der Waals surface area contributed by atoms with Crippen molar-refractivity contribution in [1.82, 2.24) is 0 Å². The number of hydrogen-bond acceptors (Lipinski definition) is 3. The lowest BCUT2D eigenvalue weighted by molar-refractivity contribution is -0.137. The van der Waals surface area contributed by atoms with Crippen molar-refractivity contribution in [3.63, 3.8) is 0 Å². The van der Waals surface area contributed by atoms with E-state index in [1.807, 2.05) is 4.90 Å². The number of nitriles is 1. The summed E-state index contributed by atoms with van der Waals surface area (Å²) in [4.78, 5) is 1.88. The third-order valence-electron chi connectivity index (χ3n) is 3.26. The average molecular weight is 270 g/mol. The SMILES string of the molecule is N#Cc1cc(N2CCC(O)CC2)ccc1C(F)(F)F. The minimum atomic E-state index is -4.51. The van der Waals surface area contributed by atoms with Gasteiger partial charge in [-0.3, -0.25) is 0 Å². The van der Waals surface area contributed by atoms with Crippen molar-refractivity contribution in [2.45, 2.75) is 25.1 Å². The minimum Gasteiger partial charge on any atom is -0.393 e. The molecule has 0 saturated carbocycles. The van der Waals surface area contributed by atoms with Gasteiger partial charge >= 0.3 is 6.18 Å². The molecule has 0 radical (unpaired) electrons. The van der Waals surface area contributed by atoms with Crippen LogP contribution in [0.1, 0.15) is 24.0 Å². The third kappa shape index (κ3) is 2.99. The van der Waals surface area contributed by atoms with Gasteiger partial charge in [0, 0.05) is 18.8 Å². The molecule has 0 atom stereocenters. The van der Waals surface area contributed by atoms with Crippen LogP contribution in [0.15, 0.2) is 18.2 Å². The molecule has 1 fully saturated rings. The predicted octanol–water partition coefficient (Wildman–Crippen LogP) is 2.54. The molecular formula is C13H13F3N2O. The molecule has 1 saturated heterocycles. The van der Waals surface area contributed by atoms with Crippen LogP contribution in [-0.2, 0) is 6.18 Å². The summed E-state index contributed by atoms with van der Waals surface area (Å²) in [6, 6.07) is 5.18. The zero-order valence-electron chi connectivity index (χ0n) is 10.1. The Bertz CT molecular complexity index is 500. The molecule has 19 heavy (non-hydrogen) atoms. The second-order valence-electron chi connectivity index (χ2n) is 4.56. The number of piperidine rings is 1. The quantitative estimate of drug-likeness (QED) is 0.853. The summed E-state index contributed by atoms with van der Waals surface area (Å²) in [7, 11) is 0. The summed E-state index contributed by atoms with van der Waals surface area (Å²) in [5.74, 6) is 0. The van der Waals surface area contributed by atoms with Crippen LogP contribution < -0.4 is 4.90 Å². The van der Waals surface area contributed by atoms with Gasteiger partial charge in [-0.15, -0.1) is 0 Å². The van der Waals surface area contributed by atoms with Crippen molar-refractivity contribution in [3.05, 3.63) is 29.3 Å². The molecule has 3 nitrogen and oxygen atoms in total. The summed E-state index contributed by atoms with van der Waals surface area (Å²) in [5.41, 5.74) is -0.677. The van der Waals surface area contributed by atoms with Crippen LogP contribution in [0, 0.1) is 11.3 Å². The molecule has 0 bridgehead atoms. The van der Waals surface area contributed by atoms with Crippen molar-refractivity contribution in [3.8, 4) is 6.07 Å². The van der Waals surface area contributed by atoms with Crippen molar-refractivity contribution in [1.29, 1.82) is 5.26 Å². The van der Waals surface area contributed by atoms with E-state index in [9.17, 15) is 18.3 Å². The Labute approximate surface area is 108 Å². The Morgan fingerprint density at radius 2 is 1.89 bits per heavy atom. The molecule has 1 N–H and O–H groups in total. The van der Waals surface area contributed by atoms with Gasteiger partial charge in [-0.25, -0.2) is 0 Å². The van der Waals surface area contributed by atoms with Crippen molar-refractivity contribution < 1.29 is 18.3 Å². The maximum atomic E-state index is 12.7. The lowest BCUT2D eigenvalue weighted by atomic mass is 10.0. The van der Waals surface area contributed by atoms with Gasteiger partial charge in [0.1, 0.15) is 0 Å². The van der Waals surface area contributed by atoms with Gasteiger partial charge in [-0.1, -0.05) is 0 Å². The molecule has 0 aliphatic carbocycles. The number of nitrogens with zero attached hydrogens (tertiary/aromatic N) is 2. The number of aliphatic hydroxyl groups excluding tert-OH is 1. The molecule has 0 amide bonds. The fourth-order valence-electron chi connectivity index (χ4n) is 2.19. The third-order valence-corrected chi connectivity index (χ3v) is 3.26. The minimum absolute atomic E-state index is 0.346. The lowest BCUT2D eigenvalue weighted by Gasteiger charge is -2.31. The highest BCUT2D eigenvalue weighted by Gasteiger charge is 2.33. The van der Waals surface area contributed by atoms with Crippen molar-refractivity contribution in [2.24, 2.45) is 0 Å². The first-order chi connectivity index (χ1) is 8.91. The predicted molar refractivity (Wildman–Crippen MR) is 63.6 cm³/mol. The highest BCUT2D eigenvalue weighted by molar-refractivity contribution is 5.55. The fraction of sp³-hybridized carbons (Fsp3) is 0.462. The second kappa shape index (κ2) is 5.10. The van der Waals surface area contributed by atoms with Crippen LogP contribution in [0.2, 0.25) is 0 Å². The highest BCUT2D eigenvalue weighted by Crippen LogP contribution is 2.34. The van der Waals surface area contributed by atoms with E-state index in [0.717, 1.165) is 6.07 Å². The van der Waals surface area contributed by atoms with Crippen LogP contribution in [0.3, 0.4) is 0 Å². The number of aliphatic hydroxyl groups is 1. The normalized spacial score (nSPS) is 17.3. The molecule has 6 heteroatoms. The van der Waals surface area contributed by atoms with Crippen LogP contribution in [-0.4, -0.2) is 24.3 Å². The monoisotopic (exact) mass is 270 g/mol. The second-order valence-corrected chi connectivity index (χ2v) is 4.56. The topological polar surface area (TPSA) is 47.3 Å². The summed E-state index contributed by atoms with van der Waals surface area (Å²) in [6.45, 7) is 1.16. The molecule has 1 aromatic carbocycles. The van der Waals surface area contributed by atoms with Crippen LogP contribution in [0.4, 0.5) is 18.9 Å². The number of hydrogen-bond donors (Lipinski definition) is 1. The van der Waals surface area contributed by atoms with Gasteiger partial charge in [0.15, 0.2) is 0 Å². The Morgan fingerprint density at radius 3 is 2.42 bits per heavy atom. The molecule has 1 aliphatic heterocycles. The molecule has 2 rings (SSSR count). The van der Waals surface area contributed by atoms with Gasteiger partial charge in [-0.2, -0.15) is 18.4 Å².